The van der Waals surface area contributed by atoms with E-state index in [9.17, 15) is 23.2 Å². The smallest absolute Gasteiger partial charge is 0.383 e. The number of Topliss-reactive ketones (excluding diaryl/α,β-unsaturated/α-hetero) is 1. The Balaban J connectivity index is 1.69. The summed E-state index contributed by atoms with van der Waals surface area (Å²) in [5.41, 5.74) is 5.63. The number of rotatable bonds is 3. The summed E-state index contributed by atoms with van der Waals surface area (Å²) in [6.07, 6.45) is -4.38. The molecule has 158 valence electrons. The SMILES string of the molecule is Cc1nc2c(c(C(F)(F)F)n1)CC(C(=O)C(C#N)c1nc(N)c3ccccc3n1)CC2. The number of carbonyl (C=O) groups is 1. The van der Waals surface area contributed by atoms with Crippen LogP contribution < -0.4 is 5.73 Å². The number of ketones is 1. The van der Waals surface area contributed by atoms with Crippen LogP contribution in [0.5, 0.6) is 0 Å². The topological polar surface area (TPSA) is 118 Å². The molecule has 0 fully saturated rings. The Kier molecular flexibility index (Phi) is 5.05. The number of halogens is 3. The van der Waals surface area contributed by atoms with Gasteiger partial charge in [0.25, 0.3) is 0 Å². The molecule has 2 unspecified atom stereocenters. The Hall–Kier alpha value is -3.61. The van der Waals surface area contributed by atoms with Crippen molar-refractivity contribution in [1.29, 1.82) is 5.26 Å². The Morgan fingerprint density at radius 3 is 2.68 bits per heavy atom. The number of benzene rings is 1. The van der Waals surface area contributed by atoms with Crippen LogP contribution in [0.2, 0.25) is 0 Å². The molecule has 2 N–H and O–H groups in total. The van der Waals surface area contributed by atoms with Gasteiger partial charge in [0.05, 0.1) is 11.6 Å². The molecular formula is C21H17F3N6O. The number of hydrogen-bond acceptors (Lipinski definition) is 7. The summed E-state index contributed by atoms with van der Waals surface area (Å²) >= 11 is 0. The van der Waals surface area contributed by atoms with E-state index in [1.165, 1.54) is 6.92 Å². The van der Waals surface area contributed by atoms with E-state index in [2.05, 4.69) is 19.9 Å². The molecule has 0 aliphatic heterocycles. The van der Waals surface area contributed by atoms with Crippen molar-refractivity contribution in [3.63, 3.8) is 0 Å². The molecule has 10 heteroatoms. The monoisotopic (exact) mass is 426 g/mol. The molecule has 0 saturated carbocycles. The summed E-state index contributed by atoms with van der Waals surface area (Å²) in [5, 5.41) is 10.2. The number of carbonyl (C=O) groups excluding carboxylic acids is 1. The predicted octanol–water partition coefficient (Wildman–Crippen LogP) is 3.31. The van der Waals surface area contributed by atoms with Gasteiger partial charge in [-0.2, -0.15) is 18.4 Å². The standard InChI is InChI=1S/C21H17F3N6O/c1-10-27-16-7-6-11(8-13(16)18(28-10)21(22,23)24)17(31)14(9-25)20-29-15-5-3-2-4-12(15)19(26)30-20/h2-5,11,14H,6-8H2,1H3,(H2,26,29,30). The molecule has 2 aromatic heterocycles. The third-order valence-electron chi connectivity index (χ3n) is 5.38. The number of nitrogens with two attached hydrogens (primary N) is 1. The number of hydrogen-bond donors (Lipinski definition) is 1. The highest BCUT2D eigenvalue weighted by molar-refractivity contribution is 5.92. The number of fused-ring (bicyclic) bond motifs is 2. The molecule has 31 heavy (non-hydrogen) atoms. The van der Waals surface area contributed by atoms with Gasteiger partial charge in [-0.05, 0) is 38.3 Å². The van der Waals surface area contributed by atoms with Gasteiger partial charge in [-0.15, -0.1) is 0 Å². The lowest BCUT2D eigenvalue weighted by Crippen LogP contribution is -2.31. The number of anilines is 1. The number of nitriles is 1. The first kappa shape index (κ1) is 20.7. The maximum Gasteiger partial charge on any atom is 0.433 e. The van der Waals surface area contributed by atoms with Crippen LogP contribution in [0.1, 0.15) is 40.9 Å². The van der Waals surface area contributed by atoms with Gasteiger partial charge in [0.15, 0.2) is 23.2 Å². The fourth-order valence-corrected chi connectivity index (χ4v) is 3.94. The molecule has 3 aromatic rings. The summed E-state index contributed by atoms with van der Waals surface area (Å²) < 4.78 is 40.5. The minimum absolute atomic E-state index is 0.0331. The first-order chi connectivity index (χ1) is 14.7. The average molecular weight is 426 g/mol. The normalized spacial score (nSPS) is 17.1. The quantitative estimate of drug-likeness (QED) is 0.682. The fraction of sp³-hybridized carbons (Fsp3) is 0.333. The molecule has 1 aliphatic rings. The van der Waals surface area contributed by atoms with Gasteiger partial charge >= 0.3 is 6.18 Å². The lowest BCUT2D eigenvalue weighted by molar-refractivity contribution is -0.142. The van der Waals surface area contributed by atoms with Crippen molar-refractivity contribution in [3.8, 4) is 6.07 Å². The summed E-state index contributed by atoms with van der Waals surface area (Å²) in [7, 11) is 0. The molecule has 0 amide bonds. The summed E-state index contributed by atoms with van der Waals surface area (Å²) in [4.78, 5) is 29.3. The fourth-order valence-electron chi connectivity index (χ4n) is 3.94. The van der Waals surface area contributed by atoms with Crippen molar-refractivity contribution in [1.82, 2.24) is 19.9 Å². The maximum absolute atomic E-state index is 13.5. The molecule has 2 atom stereocenters. The number of nitrogens with zero attached hydrogens (tertiary/aromatic N) is 5. The van der Waals surface area contributed by atoms with Crippen LogP contribution in [0.25, 0.3) is 10.9 Å². The zero-order chi connectivity index (χ0) is 22.3. The Labute approximate surface area is 175 Å². The molecule has 0 saturated heterocycles. The van der Waals surface area contributed by atoms with Crippen LogP contribution in [0.3, 0.4) is 0 Å². The molecule has 0 bridgehead atoms. The summed E-state index contributed by atoms with van der Waals surface area (Å²) in [5.74, 6) is -2.56. The third-order valence-corrected chi connectivity index (χ3v) is 5.38. The van der Waals surface area contributed by atoms with Crippen molar-refractivity contribution >= 4 is 22.5 Å². The molecule has 4 rings (SSSR count). The molecule has 0 spiro atoms. The highest BCUT2D eigenvalue weighted by atomic mass is 19.4. The Morgan fingerprint density at radius 2 is 1.97 bits per heavy atom. The van der Waals surface area contributed by atoms with Gasteiger partial charge in [0, 0.05) is 22.6 Å². The largest absolute Gasteiger partial charge is 0.433 e. The van der Waals surface area contributed by atoms with E-state index in [-0.39, 0.29) is 42.3 Å². The predicted molar refractivity (Wildman–Crippen MR) is 105 cm³/mol. The van der Waals surface area contributed by atoms with E-state index in [0.717, 1.165) is 0 Å². The van der Waals surface area contributed by atoms with Crippen LogP contribution in [0.15, 0.2) is 24.3 Å². The third kappa shape index (κ3) is 3.79. The van der Waals surface area contributed by atoms with Crippen molar-refractivity contribution in [2.75, 3.05) is 5.73 Å². The first-order valence-electron chi connectivity index (χ1n) is 9.58. The second-order valence-electron chi connectivity index (χ2n) is 7.43. The van der Waals surface area contributed by atoms with Crippen LogP contribution in [-0.4, -0.2) is 25.7 Å². The zero-order valence-electron chi connectivity index (χ0n) is 16.4. The van der Waals surface area contributed by atoms with Crippen molar-refractivity contribution in [2.45, 2.75) is 38.3 Å². The average Bonchev–Trinajstić information content (AvgIpc) is 2.72. The van der Waals surface area contributed by atoms with Gasteiger partial charge in [0.1, 0.15) is 11.6 Å². The second-order valence-corrected chi connectivity index (χ2v) is 7.43. The van der Waals surface area contributed by atoms with Crippen molar-refractivity contribution < 1.29 is 18.0 Å². The number of nitrogen functional groups attached to an aromatic ring is 1. The van der Waals surface area contributed by atoms with E-state index in [1.54, 1.807) is 24.3 Å². The maximum atomic E-state index is 13.5. The second kappa shape index (κ2) is 7.58. The van der Waals surface area contributed by atoms with Gasteiger partial charge in [0.2, 0.25) is 0 Å². The zero-order valence-corrected chi connectivity index (χ0v) is 16.4. The van der Waals surface area contributed by atoms with Gasteiger partial charge < -0.3 is 5.73 Å². The molecule has 1 aliphatic carbocycles. The van der Waals surface area contributed by atoms with E-state index in [1.807, 2.05) is 6.07 Å². The van der Waals surface area contributed by atoms with Gasteiger partial charge in [-0.25, -0.2) is 19.9 Å². The highest BCUT2D eigenvalue weighted by Gasteiger charge is 2.41. The molecule has 2 heterocycles. The van der Waals surface area contributed by atoms with Gasteiger partial charge in [-0.1, -0.05) is 12.1 Å². The number of para-hydroxylation sites is 1. The molecule has 0 radical (unpaired) electrons. The molecule has 7 nitrogen and oxygen atoms in total. The van der Waals surface area contributed by atoms with Crippen LogP contribution >= 0.6 is 0 Å². The van der Waals surface area contributed by atoms with Crippen LogP contribution in [-0.2, 0) is 23.8 Å². The Morgan fingerprint density at radius 1 is 1.23 bits per heavy atom. The molecule has 1 aromatic carbocycles. The Bertz CT molecular complexity index is 1230. The first-order valence-corrected chi connectivity index (χ1v) is 9.58. The van der Waals surface area contributed by atoms with Crippen LogP contribution in [0.4, 0.5) is 19.0 Å². The van der Waals surface area contributed by atoms with E-state index in [4.69, 9.17) is 5.73 Å². The van der Waals surface area contributed by atoms with Crippen molar-refractivity contribution in [2.24, 2.45) is 5.92 Å². The molecular weight excluding hydrogens is 409 g/mol. The number of aryl methyl sites for hydroxylation is 2. The van der Waals surface area contributed by atoms with E-state index < -0.39 is 29.5 Å². The minimum Gasteiger partial charge on any atom is -0.383 e. The summed E-state index contributed by atoms with van der Waals surface area (Å²) in [6.45, 7) is 1.40. The number of aromatic nitrogens is 4. The van der Waals surface area contributed by atoms with Gasteiger partial charge in [-0.3, -0.25) is 4.79 Å². The summed E-state index contributed by atoms with van der Waals surface area (Å²) in [6, 6.07) is 8.80. The minimum atomic E-state index is -4.66. The van der Waals surface area contributed by atoms with E-state index >= 15 is 0 Å². The van der Waals surface area contributed by atoms with Crippen LogP contribution in [0, 0.1) is 24.2 Å². The lowest BCUT2D eigenvalue weighted by Gasteiger charge is -2.26. The highest BCUT2D eigenvalue weighted by Crippen LogP contribution is 2.37. The van der Waals surface area contributed by atoms with E-state index in [0.29, 0.717) is 16.6 Å². The number of alkyl halides is 3. The van der Waals surface area contributed by atoms with Crippen molar-refractivity contribution in [3.05, 3.63) is 52.9 Å². The lowest BCUT2D eigenvalue weighted by atomic mass is 9.79.